The van der Waals surface area contributed by atoms with Gasteiger partial charge in [0.15, 0.2) is 5.82 Å². The summed E-state index contributed by atoms with van der Waals surface area (Å²) in [5.74, 6) is 0.526. The van der Waals surface area contributed by atoms with Gasteiger partial charge < -0.3 is 5.32 Å². The minimum atomic E-state index is -0.286. The molecule has 0 atom stereocenters. The molecule has 1 heterocycles. The fourth-order valence-corrected chi connectivity index (χ4v) is 2.99. The van der Waals surface area contributed by atoms with E-state index in [1.807, 2.05) is 36.4 Å². The van der Waals surface area contributed by atoms with Crippen LogP contribution in [-0.4, -0.2) is 15.7 Å². The Balaban J connectivity index is 1.62. The first kappa shape index (κ1) is 20.2. The van der Waals surface area contributed by atoms with E-state index in [1.54, 1.807) is 17.0 Å². The number of anilines is 1. The lowest BCUT2D eigenvalue weighted by Gasteiger charge is -2.04. The minimum absolute atomic E-state index is 0.286. The number of carbonyl (C=O) groups excluding carboxylic acids is 1. The summed E-state index contributed by atoms with van der Waals surface area (Å²) in [5.41, 5.74) is 3.25. The van der Waals surface area contributed by atoms with Gasteiger partial charge in [-0.2, -0.15) is 5.10 Å². The van der Waals surface area contributed by atoms with Gasteiger partial charge in [0.1, 0.15) is 5.02 Å². The maximum Gasteiger partial charge on any atom is 0.249 e. The Labute approximate surface area is 174 Å². The fourth-order valence-electron chi connectivity index (χ4n) is 2.66. The summed E-state index contributed by atoms with van der Waals surface area (Å²) in [4.78, 5) is 12.2. The zero-order valence-electron chi connectivity index (χ0n) is 15.7. The molecule has 0 aliphatic heterocycles. The molecule has 0 saturated carbocycles. The average Bonchev–Trinajstić information content (AvgIpc) is 3.01. The Kier molecular flexibility index (Phi) is 6.55. The number of hydrogen-bond donors (Lipinski definition) is 1. The molecule has 6 heteroatoms. The lowest BCUT2D eigenvalue weighted by molar-refractivity contribution is -0.111. The molecule has 144 valence electrons. The van der Waals surface area contributed by atoms with Crippen LogP contribution in [0.4, 0.5) is 5.82 Å². The van der Waals surface area contributed by atoms with Gasteiger partial charge in [0.25, 0.3) is 0 Å². The molecule has 1 N–H and O–H groups in total. The highest BCUT2D eigenvalue weighted by Crippen LogP contribution is 2.21. The summed E-state index contributed by atoms with van der Waals surface area (Å²) >= 11 is 12.1. The summed E-state index contributed by atoms with van der Waals surface area (Å²) in [7, 11) is 0. The van der Waals surface area contributed by atoms with E-state index in [4.69, 9.17) is 23.2 Å². The Morgan fingerprint density at radius 2 is 1.79 bits per heavy atom. The minimum Gasteiger partial charge on any atom is -0.304 e. The largest absolute Gasteiger partial charge is 0.304 e. The van der Waals surface area contributed by atoms with Crippen LogP contribution < -0.4 is 5.32 Å². The molecule has 0 bridgehead atoms. The highest BCUT2D eigenvalue weighted by atomic mass is 35.5. The third-order valence-electron chi connectivity index (χ3n) is 4.25. The standard InChI is InChI=1S/C22H21Cl2N3O/c1-15(2)18-8-3-16(4-9-18)7-12-21(28)25-22-20(24)14-27(26-22)13-17-5-10-19(23)11-6-17/h3-12,14-15H,13H2,1-2H3,(H,25,26,28)/b12-7+. The molecule has 2 aromatic carbocycles. The van der Waals surface area contributed by atoms with Crippen LogP contribution in [0.5, 0.6) is 0 Å². The normalized spacial score (nSPS) is 11.3. The van der Waals surface area contributed by atoms with Crippen LogP contribution in [0.15, 0.2) is 60.8 Å². The second-order valence-corrected chi connectivity index (χ2v) is 7.64. The molecule has 0 aliphatic carbocycles. The number of halogens is 2. The van der Waals surface area contributed by atoms with Crippen LogP contribution in [0.25, 0.3) is 6.08 Å². The van der Waals surface area contributed by atoms with Crippen molar-refractivity contribution in [1.82, 2.24) is 9.78 Å². The molecule has 3 aromatic rings. The molecule has 3 rings (SSSR count). The van der Waals surface area contributed by atoms with Gasteiger partial charge in [0.05, 0.1) is 6.54 Å². The fraction of sp³-hybridized carbons (Fsp3) is 0.182. The van der Waals surface area contributed by atoms with Crippen molar-refractivity contribution < 1.29 is 4.79 Å². The van der Waals surface area contributed by atoms with Crippen molar-refractivity contribution in [2.45, 2.75) is 26.3 Å². The Hall–Kier alpha value is -2.56. The van der Waals surface area contributed by atoms with Crippen LogP contribution in [0.1, 0.15) is 36.5 Å². The van der Waals surface area contributed by atoms with Crippen molar-refractivity contribution >= 4 is 41.0 Å². The van der Waals surface area contributed by atoms with Gasteiger partial charge in [-0.15, -0.1) is 0 Å². The third-order valence-corrected chi connectivity index (χ3v) is 4.78. The molecule has 0 spiro atoms. The second kappa shape index (κ2) is 9.09. The molecule has 0 aliphatic rings. The van der Waals surface area contributed by atoms with E-state index in [0.29, 0.717) is 28.3 Å². The highest BCUT2D eigenvalue weighted by molar-refractivity contribution is 6.33. The SMILES string of the molecule is CC(C)c1ccc(/C=C/C(=O)Nc2nn(Cc3ccc(Cl)cc3)cc2Cl)cc1. The quantitative estimate of drug-likeness (QED) is 0.502. The van der Waals surface area contributed by atoms with E-state index in [0.717, 1.165) is 11.1 Å². The van der Waals surface area contributed by atoms with Gasteiger partial charge in [-0.25, -0.2) is 0 Å². The lowest BCUT2D eigenvalue weighted by atomic mass is 10.0. The predicted octanol–water partition coefficient (Wildman–Crippen LogP) is 6.01. The molecular formula is C22H21Cl2N3O. The summed E-state index contributed by atoms with van der Waals surface area (Å²) in [6.45, 7) is 4.83. The molecule has 1 amide bonds. The van der Waals surface area contributed by atoms with Crippen LogP contribution in [-0.2, 0) is 11.3 Å². The number of nitrogens with zero attached hydrogens (tertiary/aromatic N) is 2. The Bertz CT molecular complexity index is 974. The molecule has 0 unspecified atom stereocenters. The lowest BCUT2D eigenvalue weighted by Crippen LogP contribution is -2.09. The first-order valence-electron chi connectivity index (χ1n) is 8.97. The third kappa shape index (κ3) is 5.47. The second-order valence-electron chi connectivity index (χ2n) is 6.79. The van der Waals surface area contributed by atoms with Gasteiger partial charge in [-0.3, -0.25) is 9.48 Å². The van der Waals surface area contributed by atoms with Gasteiger partial charge in [-0.05, 0) is 40.8 Å². The van der Waals surface area contributed by atoms with Crippen LogP contribution >= 0.6 is 23.2 Å². The van der Waals surface area contributed by atoms with Crippen molar-refractivity contribution in [2.75, 3.05) is 5.32 Å². The Morgan fingerprint density at radius 3 is 2.43 bits per heavy atom. The van der Waals surface area contributed by atoms with Crippen LogP contribution in [0, 0.1) is 0 Å². The van der Waals surface area contributed by atoms with Gasteiger partial charge in [0.2, 0.25) is 5.91 Å². The van der Waals surface area contributed by atoms with E-state index < -0.39 is 0 Å². The molecular weight excluding hydrogens is 393 g/mol. The summed E-state index contributed by atoms with van der Waals surface area (Å²) in [6, 6.07) is 15.6. The number of aromatic nitrogens is 2. The highest BCUT2D eigenvalue weighted by Gasteiger charge is 2.09. The zero-order chi connectivity index (χ0) is 20.1. The number of benzene rings is 2. The summed E-state index contributed by atoms with van der Waals surface area (Å²) < 4.78 is 1.68. The monoisotopic (exact) mass is 413 g/mol. The summed E-state index contributed by atoms with van der Waals surface area (Å²) in [6.07, 6.45) is 4.91. The number of amides is 1. The van der Waals surface area contributed by atoms with E-state index in [-0.39, 0.29) is 5.91 Å². The predicted molar refractivity (Wildman–Crippen MR) is 116 cm³/mol. The van der Waals surface area contributed by atoms with Gasteiger partial charge in [-0.1, -0.05) is 73.4 Å². The molecule has 0 radical (unpaired) electrons. The molecule has 0 saturated heterocycles. The molecule has 4 nitrogen and oxygen atoms in total. The maximum atomic E-state index is 12.2. The summed E-state index contributed by atoms with van der Waals surface area (Å²) in [5, 5.41) is 8.12. The molecule has 1 aromatic heterocycles. The number of nitrogens with one attached hydrogen (secondary N) is 1. The van der Waals surface area contributed by atoms with Crippen molar-refractivity contribution in [1.29, 1.82) is 0 Å². The topological polar surface area (TPSA) is 46.9 Å². The molecule has 0 fully saturated rings. The van der Waals surface area contributed by atoms with Gasteiger partial charge in [0, 0.05) is 17.3 Å². The first-order chi connectivity index (χ1) is 13.4. The van der Waals surface area contributed by atoms with E-state index in [1.165, 1.54) is 11.6 Å². The first-order valence-corrected chi connectivity index (χ1v) is 9.73. The van der Waals surface area contributed by atoms with E-state index >= 15 is 0 Å². The van der Waals surface area contributed by atoms with Crippen LogP contribution in [0.2, 0.25) is 10.0 Å². The van der Waals surface area contributed by atoms with Crippen molar-refractivity contribution in [3.63, 3.8) is 0 Å². The average molecular weight is 414 g/mol. The smallest absolute Gasteiger partial charge is 0.249 e. The van der Waals surface area contributed by atoms with Crippen LogP contribution in [0.3, 0.4) is 0 Å². The zero-order valence-corrected chi connectivity index (χ0v) is 17.2. The number of hydrogen-bond acceptors (Lipinski definition) is 2. The Morgan fingerprint density at radius 1 is 1.11 bits per heavy atom. The van der Waals surface area contributed by atoms with E-state index in [2.05, 4.69) is 36.4 Å². The molecule has 28 heavy (non-hydrogen) atoms. The number of rotatable bonds is 6. The van der Waals surface area contributed by atoms with Crippen molar-refractivity contribution in [3.05, 3.63) is 87.5 Å². The maximum absolute atomic E-state index is 12.2. The van der Waals surface area contributed by atoms with Gasteiger partial charge >= 0.3 is 0 Å². The van der Waals surface area contributed by atoms with Crippen molar-refractivity contribution in [2.24, 2.45) is 0 Å². The van der Waals surface area contributed by atoms with Crippen molar-refractivity contribution in [3.8, 4) is 0 Å². The number of carbonyl (C=O) groups is 1. The van der Waals surface area contributed by atoms with E-state index in [9.17, 15) is 4.79 Å².